The van der Waals surface area contributed by atoms with Crippen molar-refractivity contribution in [1.29, 1.82) is 0 Å². The Bertz CT molecular complexity index is 477. The molecule has 2 fully saturated rings. The molecule has 1 amide bonds. The molecular formula is C17H24N2O2S. The van der Waals surface area contributed by atoms with Gasteiger partial charge in [0.05, 0.1) is 19.8 Å². The van der Waals surface area contributed by atoms with Gasteiger partial charge < -0.3 is 9.64 Å². The summed E-state index contributed by atoms with van der Waals surface area (Å²) in [6, 6.07) is 10.6. The zero-order valence-electron chi connectivity index (χ0n) is 12.9. The first-order valence-electron chi connectivity index (χ1n) is 8.07. The number of likely N-dealkylation sites (tertiary alicyclic amines) is 1. The third-order valence-electron chi connectivity index (χ3n) is 4.32. The number of carbonyl (C=O) groups is 1. The van der Waals surface area contributed by atoms with Gasteiger partial charge in [-0.3, -0.25) is 9.69 Å². The van der Waals surface area contributed by atoms with Gasteiger partial charge in [-0.1, -0.05) is 18.2 Å². The molecule has 0 unspecified atom stereocenters. The number of hydrogen-bond acceptors (Lipinski definition) is 4. The number of rotatable bonds is 5. The SMILES string of the molecule is O=C(CN1CC[C@@H](CSc2ccccc2)C1)N1CCOCC1. The second-order valence-corrected chi connectivity index (χ2v) is 7.10. The fourth-order valence-corrected chi connectivity index (χ4v) is 4.08. The van der Waals surface area contributed by atoms with E-state index in [1.54, 1.807) is 0 Å². The summed E-state index contributed by atoms with van der Waals surface area (Å²) >= 11 is 1.93. The smallest absolute Gasteiger partial charge is 0.236 e. The molecule has 4 nitrogen and oxygen atoms in total. The van der Waals surface area contributed by atoms with Gasteiger partial charge in [-0.2, -0.15) is 0 Å². The summed E-state index contributed by atoms with van der Waals surface area (Å²) in [6.45, 7) is 5.54. The van der Waals surface area contributed by atoms with Crippen molar-refractivity contribution in [3.63, 3.8) is 0 Å². The van der Waals surface area contributed by atoms with E-state index in [2.05, 4.69) is 35.2 Å². The molecular weight excluding hydrogens is 296 g/mol. The standard InChI is InChI=1S/C17H24N2O2S/c20-17(19-8-10-21-11-9-19)13-18-7-6-15(12-18)14-22-16-4-2-1-3-5-16/h1-5,15H,6-14H2/t15-/m1/s1. The maximum atomic E-state index is 12.3. The Morgan fingerprint density at radius 2 is 1.95 bits per heavy atom. The number of thioether (sulfide) groups is 1. The van der Waals surface area contributed by atoms with E-state index in [0.29, 0.717) is 25.7 Å². The van der Waals surface area contributed by atoms with Gasteiger partial charge in [-0.05, 0) is 31.0 Å². The van der Waals surface area contributed by atoms with Gasteiger partial charge in [0.15, 0.2) is 0 Å². The highest BCUT2D eigenvalue weighted by Gasteiger charge is 2.26. The lowest BCUT2D eigenvalue weighted by atomic mass is 10.2. The first-order valence-corrected chi connectivity index (χ1v) is 9.05. The molecule has 0 radical (unpaired) electrons. The van der Waals surface area contributed by atoms with Crippen molar-refractivity contribution in [2.75, 3.05) is 51.7 Å². The Morgan fingerprint density at radius 3 is 2.73 bits per heavy atom. The summed E-state index contributed by atoms with van der Waals surface area (Å²) in [4.78, 5) is 17.9. The van der Waals surface area contributed by atoms with Gasteiger partial charge in [-0.25, -0.2) is 0 Å². The Kier molecular flexibility index (Phi) is 5.76. The average molecular weight is 320 g/mol. The molecule has 2 aliphatic rings. The normalized spacial score (nSPS) is 22.9. The number of carbonyl (C=O) groups excluding carboxylic acids is 1. The van der Waals surface area contributed by atoms with Crippen LogP contribution in [0.4, 0.5) is 0 Å². The van der Waals surface area contributed by atoms with E-state index in [1.807, 2.05) is 16.7 Å². The predicted octanol–water partition coefficient (Wildman–Crippen LogP) is 1.96. The first-order chi connectivity index (χ1) is 10.8. The van der Waals surface area contributed by atoms with E-state index in [4.69, 9.17) is 4.74 Å². The van der Waals surface area contributed by atoms with E-state index >= 15 is 0 Å². The van der Waals surface area contributed by atoms with Crippen LogP contribution in [-0.2, 0) is 9.53 Å². The maximum Gasteiger partial charge on any atom is 0.236 e. The summed E-state index contributed by atoms with van der Waals surface area (Å²) in [6.07, 6.45) is 1.20. The summed E-state index contributed by atoms with van der Waals surface area (Å²) < 4.78 is 5.30. The topological polar surface area (TPSA) is 32.8 Å². The Hall–Kier alpha value is -1.04. The van der Waals surface area contributed by atoms with Crippen LogP contribution in [-0.4, -0.2) is 67.4 Å². The van der Waals surface area contributed by atoms with Gasteiger partial charge in [0.1, 0.15) is 0 Å². The number of amides is 1. The van der Waals surface area contributed by atoms with Gasteiger partial charge in [-0.15, -0.1) is 11.8 Å². The largest absolute Gasteiger partial charge is 0.378 e. The minimum absolute atomic E-state index is 0.264. The summed E-state index contributed by atoms with van der Waals surface area (Å²) in [5, 5.41) is 0. The van der Waals surface area contributed by atoms with Crippen LogP contribution in [0.3, 0.4) is 0 Å². The van der Waals surface area contributed by atoms with Crippen molar-refractivity contribution in [3.8, 4) is 0 Å². The number of nitrogens with zero attached hydrogens (tertiary/aromatic N) is 2. The molecule has 0 saturated carbocycles. The predicted molar refractivity (Wildman–Crippen MR) is 89.1 cm³/mol. The molecule has 5 heteroatoms. The van der Waals surface area contributed by atoms with E-state index in [9.17, 15) is 4.79 Å². The van der Waals surface area contributed by atoms with Gasteiger partial charge >= 0.3 is 0 Å². The molecule has 120 valence electrons. The summed E-state index contributed by atoms with van der Waals surface area (Å²) in [5.41, 5.74) is 0. The molecule has 0 spiro atoms. The van der Waals surface area contributed by atoms with Gasteiger partial charge in [0.25, 0.3) is 0 Å². The average Bonchev–Trinajstić information content (AvgIpc) is 3.02. The lowest BCUT2D eigenvalue weighted by Crippen LogP contribution is -2.45. The van der Waals surface area contributed by atoms with Crippen LogP contribution in [0.2, 0.25) is 0 Å². The van der Waals surface area contributed by atoms with E-state index in [-0.39, 0.29) is 5.91 Å². The van der Waals surface area contributed by atoms with Crippen molar-refractivity contribution < 1.29 is 9.53 Å². The monoisotopic (exact) mass is 320 g/mol. The highest BCUT2D eigenvalue weighted by atomic mass is 32.2. The fraction of sp³-hybridized carbons (Fsp3) is 0.588. The van der Waals surface area contributed by atoms with Crippen LogP contribution < -0.4 is 0 Å². The second-order valence-electron chi connectivity index (χ2n) is 6.01. The summed E-state index contributed by atoms with van der Waals surface area (Å²) in [5.74, 6) is 2.11. The van der Waals surface area contributed by atoms with E-state index in [1.165, 1.54) is 11.3 Å². The highest BCUT2D eigenvalue weighted by Crippen LogP contribution is 2.25. The lowest BCUT2D eigenvalue weighted by Gasteiger charge is -2.28. The number of ether oxygens (including phenoxy) is 1. The number of hydrogen-bond donors (Lipinski definition) is 0. The molecule has 3 rings (SSSR count). The molecule has 0 aromatic heterocycles. The van der Waals surface area contributed by atoms with Crippen LogP contribution >= 0.6 is 11.8 Å². The highest BCUT2D eigenvalue weighted by molar-refractivity contribution is 7.99. The van der Waals surface area contributed by atoms with Crippen molar-refractivity contribution in [2.45, 2.75) is 11.3 Å². The minimum Gasteiger partial charge on any atom is -0.378 e. The number of benzene rings is 1. The number of morpholine rings is 1. The lowest BCUT2D eigenvalue weighted by molar-refractivity contribution is -0.136. The molecule has 1 atom stereocenters. The molecule has 0 N–H and O–H groups in total. The van der Waals surface area contributed by atoms with Crippen molar-refractivity contribution in [2.24, 2.45) is 5.92 Å². The minimum atomic E-state index is 0.264. The molecule has 2 saturated heterocycles. The van der Waals surface area contributed by atoms with E-state index < -0.39 is 0 Å². The van der Waals surface area contributed by atoms with E-state index in [0.717, 1.165) is 31.9 Å². The van der Waals surface area contributed by atoms with Crippen molar-refractivity contribution in [1.82, 2.24) is 9.80 Å². The van der Waals surface area contributed by atoms with Crippen LogP contribution in [0.5, 0.6) is 0 Å². The fourth-order valence-electron chi connectivity index (χ4n) is 3.03. The molecule has 0 aliphatic carbocycles. The van der Waals surface area contributed by atoms with Crippen LogP contribution in [0.25, 0.3) is 0 Å². The van der Waals surface area contributed by atoms with Crippen LogP contribution in [0, 0.1) is 5.92 Å². The third kappa shape index (κ3) is 4.48. The Balaban J connectivity index is 1.39. The zero-order valence-corrected chi connectivity index (χ0v) is 13.8. The Labute approximate surface area is 136 Å². The van der Waals surface area contributed by atoms with Crippen LogP contribution in [0.15, 0.2) is 35.2 Å². The molecule has 2 aliphatic heterocycles. The van der Waals surface area contributed by atoms with Gasteiger partial charge in [0.2, 0.25) is 5.91 Å². The third-order valence-corrected chi connectivity index (χ3v) is 5.57. The maximum absolute atomic E-state index is 12.3. The van der Waals surface area contributed by atoms with Gasteiger partial charge in [0, 0.05) is 30.3 Å². The van der Waals surface area contributed by atoms with Crippen molar-refractivity contribution in [3.05, 3.63) is 30.3 Å². The quantitative estimate of drug-likeness (QED) is 0.777. The zero-order chi connectivity index (χ0) is 15.2. The first kappa shape index (κ1) is 15.8. The van der Waals surface area contributed by atoms with Crippen LogP contribution in [0.1, 0.15) is 6.42 Å². The molecule has 22 heavy (non-hydrogen) atoms. The summed E-state index contributed by atoms with van der Waals surface area (Å²) in [7, 11) is 0. The molecule has 0 bridgehead atoms. The second kappa shape index (κ2) is 7.99. The molecule has 1 aromatic carbocycles. The molecule has 2 heterocycles. The van der Waals surface area contributed by atoms with Crippen molar-refractivity contribution >= 4 is 17.7 Å². The Morgan fingerprint density at radius 1 is 1.18 bits per heavy atom. The molecule has 1 aromatic rings.